The van der Waals surface area contributed by atoms with Crippen LogP contribution in [0.2, 0.25) is 0 Å². The maximum Gasteiger partial charge on any atom is 0.221 e. The van der Waals surface area contributed by atoms with Crippen LogP contribution in [0.15, 0.2) is 0 Å². The lowest BCUT2D eigenvalue weighted by atomic mass is 10.3. The second-order valence-corrected chi connectivity index (χ2v) is 2.52. The highest BCUT2D eigenvalue weighted by atomic mass is 35.5. The van der Waals surface area contributed by atoms with Crippen LogP contribution in [0.3, 0.4) is 0 Å². The van der Waals surface area contributed by atoms with Gasteiger partial charge < -0.3 is 0 Å². The molecule has 0 bridgehead atoms. The molecule has 0 aliphatic rings. The van der Waals surface area contributed by atoms with E-state index in [0.29, 0.717) is 6.42 Å². The number of carbonyl (C=O) groups excluding carboxylic acids is 2. The van der Waals surface area contributed by atoms with Gasteiger partial charge in [0, 0.05) is 12.8 Å². The summed E-state index contributed by atoms with van der Waals surface area (Å²) in [5, 5.41) is -0.846. The molecule has 0 saturated carbocycles. The Morgan fingerprint density at radius 2 is 1.33 bits per heavy atom. The van der Waals surface area contributed by atoms with Crippen LogP contribution in [0.5, 0.6) is 0 Å². The summed E-state index contributed by atoms with van der Waals surface area (Å²) in [6.07, 6.45) is 0.894. The van der Waals surface area contributed by atoms with E-state index in [-0.39, 0.29) is 12.8 Å². The summed E-state index contributed by atoms with van der Waals surface area (Å²) in [5.41, 5.74) is 11.0. The van der Waals surface area contributed by atoms with Gasteiger partial charge in [-0.1, -0.05) is 0 Å². The summed E-state index contributed by atoms with van der Waals surface area (Å²) in [6, 6.07) is 0. The van der Waals surface area contributed by atoms with E-state index in [0.717, 1.165) is 0 Å². The minimum Gasteiger partial charge on any atom is -0.281 e. The lowest BCUT2D eigenvalue weighted by Crippen LogP contribution is -1.89. The Balaban J connectivity index is 0. The number of rotatable bonds is 4. The van der Waals surface area contributed by atoms with E-state index >= 15 is 0 Å². The molecule has 0 aromatic heterocycles. The molecule has 0 rings (SSSR count). The summed E-state index contributed by atoms with van der Waals surface area (Å²) < 4.78 is 0. The van der Waals surface area contributed by atoms with Gasteiger partial charge in [0.2, 0.25) is 15.4 Å². The molecule has 12 heavy (non-hydrogen) atoms. The van der Waals surface area contributed by atoms with Crippen LogP contribution >= 0.6 is 23.2 Å². The first-order valence-electron chi connectivity index (χ1n) is 2.94. The average Bonchev–Trinajstić information content (AvgIpc) is 1.87. The van der Waals surface area contributed by atoms with Gasteiger partial charge >= 0.3 is 0 Å². The van der Waals surface area contributed by atoms with Crippen molar-refractivity contribution in [2.75, 3.05) is 0 Å². The van der Waals surface area contributed by atoms with Gasteiger partial charge in [-0.3, -0.25) is 9.59 Å². The van der Waals surface area contributed by atoms with Gasteiger partial charge in [-0.05, 0) is 29.6 Å². The molecule has 0 spiro atoms. The summed E-state index contributed by atoms with van der Waals surface area (Å²) in [4.78, 5) is 22.1. The zero-order valence-electron chi connectivity index (χ0n) is 6.14. The number of nitrogens with one attached hydrogen (secondary N) is 2. The molecule has 0 saturated heterocycles. The molecule has 0 aliphatic heterocycles. The standard InChI is InChI=1S/C5H6Cl2O2.H2N3/c6-4(8)2-1-3-5(7)9;1-3-2/h1-3H2;1-2H/q;+1. The van der Waals surface area contributed by atoms with Crippen LogP contribution in [0.25, 0.3) is 0 Å². The van der Waals surface area contributed by atoms with E-state index in [2.05, 4.69) is 0 Å². The van der Waals surface area contributed by atoms with Crippen molar-refractivity contribution in [2.45, 2.75) is 19.3 Å². The molecule has 7 heteroatoms. The molecule has 68 valence electrons. The van der Waals surface area contributed by atoms with Crippen LogP contribution in [-0.4, -0.2) is 10.5 Å². The van der Waals surface area contributed by atoms with E-state index in [9.17, 15) is 9.59 Å². The highest BCUT2D eigenvalue weighted by Crippen LogP contribution is 2.01. The molecular formula is C5H8Cl2N3O2+. The Hall–Kier alpha value is -0.770. The van der Waals surface area contributed by atoms with Gasteiger partial charge in [0.25, 0.3) is 0 Å². The number of nitrogens with zero attached hydrogens (tertiary/aromatic N) is 1. The molecule has 0 aromatic rings. The predicted molar refractivity (Wildman–Crippen MR) is 43.1 cm³/mol. The molecule has 0 unspecified atom stereocenters. The second kappa shape index (κ2) is 10.2. The van der Waals surface area contributed by atoms with Crippen molar-refractivity contribution in [3.8, 4) is 0 Å². The highest BCUT2D eigenvalue weighted by Gasteiger charge is 1.98. The van der Waals surface area contributed by atoms with Crippen molar-refractivity contribution in [3.63, 3.8) is 0 Å². The van der Waals surface area contributed by atoms with E-state index in [1.54, 1.807) is 0 Å². The van der Waals surface area contributed by atoms with Gasteiger partial charge in [0.05, 0.1) is 0 Å². The Kier molecular flexibility index (Phi) is 11.8. The van der Waals surface area contributed by atoms with Gasteiger partial charge in [-0.15, -0.1) is 0 Å². The summed E-state index contributed by atoms with van der Waals surface area (Å²) in [5.74, 6) is 0. The molecule has 0 aliphatic carbocycles. The molecule has 5 nitrogen and oxygen atoms in total. The van der Waals surface area contributed by atoms with Gasteiger partial charge in [0.15, 0.2) is 0 Å². The minimum atomic E-state index is -0.423. The zero-order chi connectivity index (χ0) is 9.98. The third-order valence-corrected chi connectivity index (χ3v) is 1.12. The van der Waals surface area contributed by atoms with Gasteiger partial charge in [-0.2, -0.15) is 0 Å². The van der Waals surface area contributed by atoms with Crippen LogP contribution in [-0.2, 0) is 9.59 Å². The predicted octanol–water partition coefficient (Wildman–Crippen LogP) is 1.80. The van der Waals surface area contributed by atoms with Crippen LogP contribution in [0.1, 0.15) is 19.3 Å². The smallest absolute Gasteiger partial charge is 0.221 e. The molecule has 0 radical (unpaired) electrons. The van der Waals surface area contributed by atoms with Gasteiger partial charge in [-0.25, -0.2) is 0 Å². The van der Waals surface area contributed by atoms with Crippen molar-refractivity contribution in [1.29, 1.82) is 11.1 Å². The Labute approximate surface area is 79.1 Å². The zero-order valence-corrected chi connectivity index (χ0v) is 7.65. The van der Waals surface area contributed by atoms with E-state index in [1.807, 2.05) is 4.91 Å². The highest BCUT2D eigenvalue weighted by molar-refractivity contribution is 6.64. The van der Waals surface area contributed by atoms with Crippen LogP contribution < -0.4 is 4.91 Å². The number of carbonyl (C=O) groups is 2. The third-order valence-electron chi connectivity index (χ3n) is 0.747. The maximum atomic E-state index is 10.0. The second-order valence-electron chi connectivity index (χ2n) is 1.68. The first-order valence-corrected chi connectivity index (χ1v) is 3.70. The summed E-state index contributed by atoms with van der Waals surface area (Å²) >= 11 is 9.94. The fourth-order valence-electron chi connectivity index (χ4n) is 0.366. The first-order chi connectivity index (χ1) is 5.54. The van der Waals surface area contributed by atoms with Crippen LogP contribution in [0, 0.1) is 11.1 Å². The monoisotopic (exact) mass is 212 g/mol. The lowest BCUT2D eigenvalue weighted by molar-refractivity contribution is -0.112. The topological polar surface area (TPSA) is 95.9 Å². The van der Waals surface area contributed by atoms with Crippen LogP contribution in [0.4, 0.5) is 0 Å². The van der Waals surface area contributed by atoms with E-state index < -0.39 is 10.5 Å². The lowest BCUT2D eigenvalue weighted by Gasteiger charge is -1.87. The molecule has 0 aromatic carbocycles. The summed E-state index contributed by atoms with van der Waals surface area (Å²) in [7, 11) is 0. The molecule has 0 fully saturated rings. The number of hydrogen-bond donors (Lipinski definition) is 2. The van der Waals surface area contributed by atoms with Crippen molar-refractivity contribution >= 4 is 33.7 Å². The van der Waals surface area contributed by atoms with E-state index in [4.69, 9.17) is 34.3 Å². The Morgan fingerprint density at radius 1 is 1.08 bits per heavy atom. The first kappa shape index (κ1) is 13.8. The molecule has 2 N–H and O–H groups in total. The minimum absolute atomic E-state index is 0.222. The number of hydrogen-bond acceptors (Lipinski definition) is 4. The quantitative estimate of drug-likeness (QED) is 0.423. The SMILES string of the molecule is N=[N+]=N.O=C(Cl)CCCC(=O)Cl. The van der Waals surface area contributed by atoms with Crippen molar-refractivity contribution in [3.05, 3.63) is 0 Å². The fraction of sp³-hybridized carbons (Fsp3) is 0.600. The van der Waals surface area contributed by atoms with Crippen molar-refractivity contribution < 1.29 is 9.59 Å². The third kappa shape index (κ3) is 22.9. The Morgan fingerprint density at radius 3 is 1.50 bits per heavy atom. The van der Waals surface area contributed by atoms with Crippen molar-refractivity contribution in [2.24, 2.45) is 0 Å². The molecule has 0 amide bonds. The van der Waals surface area contributed by atoms with Gasteiger partial charge in [0.1, 0.15) is 11.1 Å². The Bertz CT molecular complexity index is 175. The maximum absolute atomic E-state index is 10.0. The summed E-state index contributed by atoms with van der Waals surface area (Å²) in [6.45, 7) is 0. The number of halogens is 2. The molecule has 0 atom stereocenters. The molecule has 0 heterocycles. The molecular weight excluding hydrogens is 205 g/mol. The average molecular weight is 213 g/mol. The largest absolute Gasteiger partial charge is 0.281 e. The van der Waals surface area contributed by atoms with Crippen molar-refractivity contribution in [1.82, 2.24) is 4.91 Å². The fourth-order valence-corrected chi connectivity index (χ4v) is 0.634. The van der Waals surface area contributed by atoms with E-state index in [1.165, 1.54) is 0 Å². The normalized spacial score (nSPS) is 7.50.